The molecule has 19 heavy (non-hydrogen) atoms. The summed E-state index contributed by atoms with van der Waals surface area (Å²) in [6.45, 7) is 1.58. The van der Waals surface area contributed by atoms with E-state index in [9.17, 15) is 4.79 Å². The van der Waals surface area contributed by atoms with Gasteiger partial charge in [-0.2, -0.15) is 0 Å². The molecule has 0 N–H and O–H groups in total. The predicted molar refractivity (Wildman–Crippen MR) is 75.3 cm³/mol. The number of carbonyl (C=O) groups is 1. The highest BCUT2D eigenvalue weighted by Crippen LogP contribution is 2.30. The maximum absolute atomic E-state index is 11.5. The third-order valence-electron chi connectivity index (χ3n) is 3.02. The van der Waals surface area contributed by atoms with Gasteiger partial charge in [-0.15, -0.1) is 0 Å². The van der Waals surface area contributed by atoms with Crippen molar-refractivity contribution < 1.29 is 14.3 Å². The molecule has 0 amide bonds. The van der Waals surface area contributed by atoms with E-state index in [2.05, 4.69) is 9.72 Å². The van der Waals surface area contributed by atoms with Crippen LogP contribution in [0.2, 0.25) is 5.15 Å². The Bertz CT molecular complexity index is 446. The number of likely N-dealkylation sites (N-methyl/N-ethyl adjacent to an activating group) is 1. The Hall–Kier alpha value is -0.850. The molecule has 0 aromatic carbocycles. The summed E-state index contributed by atoms with van der Waals surface area (Å²) >= 11 is 7.19. The number of halogens is 1. The fourth-order valence-electron chi connectivity index (χ4n) is 2.01. The molecule has 0 radical (unpaired) electrons. The van der Waals surface area contributed by atoms with Crippen LogP contribution in [0, 0.1) is 0 Å². The summed E-state index contributed by atoms with van der Waals surface area (Å²) in [6.07, 6.45) is 3.62. The lowest BCUT2D eigenvalue weighted by molar-refractivity contribution is 0.0216. The molecule has 0 bridgehead atoms. The number of thiazole rings is 1. The molecular formula is C12H17ClN2O3S. The highest BCUT2D eigenvalue weighted by atomic mass is 35.5. The van der Waals surface area contributed by atoms with E-state index < -0.39 is 5.97 Å². The van der Waals surface area contributed by atoms with Gasteiger partial charge in [0, 0.05) is 20.2 Å². The standard InChI is InChI=1S/C12H17ClN2O3S/c1-15(7-8-5-3-4-6-18-8)12-14-10(13)9(19-12)11(16)17-2/h8H,3-7H2,1-2H3. The van der Waals surface area contributed by atoms with Crippen LogP contribution in [0.1, 0.15) is 28.9 Å². The van der Waals surface area contributed by atoms with E-state index in [1.165, 1.54) is 24.9 Å². The lowest BCUT2D eigenvalue weighted by atomic mass is 10.1. The fourth-order valence-corrected chi connectivity index (χ4v) is 3.18. The van der Waals surface area contributed by atoms with Gasteiger partial charge in [-0.3, -0.25) is 0 Å². The molecule has 7 heteroatoms. The maximum atomic E-state index is 11.5. The summed E-state index contributed by atoms with van der Waals surface area (Å²) in [6, 6.07) is 0. The second-order valence-corrected chi connectivity index (χ2v) is 5.81. The highest BCUT2D eigenvalue weighted by Gasteiger charge is 2.22. The molecule has 1 aliphatic rings. The van der Waals surface area contributed by atoms with Crippen molar-refractivity contribution in [2.24, 2.45) is 0 Å². The normalized spacial score (nSPS) is 19.2. The number of aromatic nitrogens is 1. The first-order valence-electron chi connectivity index (χ1n) is 6.19. The Morgan fingerprint density at radius 2 is 2.42 bits per heavy atom. The average molecular weight is 305 g/mol. The molecule has 1 aromatic rings. The van der Waals surface area contributed by atoms with E-state index in [1.807, 2.05) is 11.9 Å². The Labute approximate surface area is 121 Å². The summed E-state index contributed by atoms with van der Waals surface area (Å²) in [5.41, 5.74) is 0. The quantitative estimate of drug-likeness (QED) is 0.800. The lowest BCUT2D eigenvalue weighted by Gasteiger charge is -2.27. The average Bonchev–Trinajstić information content (AvgIpc) is 2.81. The fraction of sp³-hybridized carbons (Fsp3) is 0.667. The second-order valence-electron chi connectivity index (χ2n) is 4.48. The zero-order valence-electron chi connectivity index (χ0n) is 11.0. The monoisotopic (exact) mass is 304 g/mol. The molecule has 5 nitrogen and oxygen atoms in total. The van der Waals surface area contributed by atoms with Crippen molar-refractivity contribution in [3.63, 3.8) is 0 Å². The van der Waals surface area contributed by atoms with Gasteiger partial charge in [0.15, 0.2) is 15.2 Å². The van der Waals surface area contributed by atoms with Crippen LogP contribution in [0.25, 0.3) is 0 Å². The minimum Gasteiger partial charge on any atom is -0.465 e. The second kappa shape index (κ2) is 6.54. The van der Waals surface area contributed by atoms with Gasteiger partial charge >= 0.3 is 5.97 Å². The first-order valence-corrected chi connectivity index (χ1v) is 7.38. The predicted octanol–water partition coefficient (Wildman–Crippen LogP) is 2.59. The van der Waals surface area contributed by atoms with Gasteiger partial charge in [-0.1, -0.05) is 22.9 Å². The van der Waals surface area contributed by atoms with Gasteiger partial charge < -0.3 is 14.4 Å². The van der Waals surface area contributed by atoms with E-state index in [4.69, 9.17) is 16.3 Å². The van der Waals surface area contributed by atoms with Crippen LogP contribution in [-0.2, 0) is 9.47 Å². The van der Waals surface area contributed by atoms with Crippen LogP contribution in [-0.4, -0.2) is 44.4 Å². The molecule has 0 aliphatic carbocycles. The number of anilines is 1. The van der Waals surface area contributed by atoms with E-state index in [0.29, 0.717) is 10.0 Å². The number of esters is 1. The molecule has 106 valence electrons. The molecule has 1 saturated heterocycles. The van der Waals surface area contributed by atoms with Gasteiger partial charge in [0.05, 0.1) is 13.2 Å². The minimum atomic E-state index is -0.448. The number of hydrogen-bond donors (Lipinski definition) is 0. The van der Waals surface area contributed by atoms with Crippen molar-refractivity contribution in [2.75, 3.05) is 32.2 Å². The number of rotatable bonds is 4. The minimum absolute atomic E-state index is 0.197. The summed E-state index contributed by atoms with van der Waals surface area (Å²) in [4.78, 5) is 18.0. The van der Waals surface area contributed by atoms with Gasteiger partial charge in [-0.05, 0) is 19.3 Å². The number of hydrogen-bond acceptors (Lipinski definition) is 6. The van der Waals surface area contributed by atoms with Crippen molar-refractivity contribution in [3.05, 3.63) is 10.0 Å². The summed E-state index contributed by atoms with van der Waals surface area (Å²) in [7, 11) is 3.26. The highest BCUT2D eigenvalue weighted by molar-refractivity contribution is 7.18. The molecule has 1 aliphatic heterocycles. The van der Waals surface area contributed by atoms with E-state index in [-0.39, 0.29) is 11.3 Å². The van der Waals surface area contributed by atoms with Gasteiger partial charge in [-0.25, -0.2) is 9.78 Å². The molecule has 1 fully saturated rings. The van der Waals surface area contributed by atoms with Gasteiger partial charge in [0.2, 0.25) is 0 Å². The summed E-state index contributed by atoms with van der Waals surface area (Å²) < 4.78 is 10.4. The zero-order chi connectivity index (χ0) is 13.8. The lowest BCUT2D eigenvalue weighted by Crippen LogP contribution is -2.33. The topological polar surface area (TPSA) is 51.7 Å². The molecule has 0 saturated carbocycles. The van der Waals surface area contributed by atoms with Crippen LogP contribution >= 0.6 is 22.9 Å². The van der Waals surface area contributed by atoms with Crippen LogP contribution in [0.4, 0.5) is 5.13 Å². The molecule has 1 aromatic heterocycles. The summed E-state index contributed by atoms with van der Waals surface area (Å²) in [5, 5.41) is 0.905. The Balaban J connectivity index is 2.02. The van der Waals surface area contributed by atoms with Crippen LogP contribution in [0.5, 0.6) is 0 Å². The van der Waals surface area contributed by atoms with Crippen molar-refractivity contribution in [1.29, 1.82) is 0 Å². The van der Waals surface area contributed by atoms with E-state index >= 15 is 0 Å². The van der Waals surface area contributed by atoms with Crippen molar-refractivity contribution in [1.82, 2.24) is 4.98 Å². The number of nitrogens with zero attached hydrogens (tertiary/aromatic N) is 2. The molecule has 2 heterocycles. The molecule has 0 spiro atoms. The van der Waals surface area contributed by atoms with Crippen LogP contribution < -0.4 is 4.90 Å². The Morgan fingerprint density at radius 3 is 3.05 bits per heavy atom. The van der Waals surface area contributed by atoms with Crippen molar-refractivity contribution >= 4 is 34.0 Å². The molecule has 1 atom stereocenters. The smallest absolute Gasteiger partial charge is 0.351 e. The van der Waals surface area contributed by atoms with E-state index in [1.54, 1.807) is 0 Å². The number of ether oxygens (including phenoxy) is 2. The first kappa shape index (κ1) is 14.6. The van der Waals surface area contributed by atoms with E-state index in [0.717, 1.165) is 26.0 Å². The third-order valence-corrected chi connectivity index (χ3v) is 4.56. The Kier molecular flexibility index (Phi) is 5.01. The van der Waals surface area contributed by atoms with Crippen molar-refractivity contribution in [3.8, 4) is 0 Å². The number of carbonyl (C=O) groups excluding carboxylic acids is 1. The largest absolute Gasteiger partial charge is 0.465 e. The third kappa shape index (κ3) is 3.58. The van der Waals surface area contributed by atoms with Crippen LogP contribution in [0.3, 0.4) is 0 Å². The first-order chi connectivity index (χ1) is 9.11. The zero-order valence-corrected chi connectivity index (χ0v) is 12.6. The SMILES string of the molecule is COC(=O)c1sc(N(C)CC2CCCCO2)nc1Cl. The molecule has 1 unspecified atom stereocenters. The summed E-state index contributed by atoms with van der Waals surface area (Å²) in [5.74, 6) is -0.448. The Morgan fingerprint density at radius 1 is 1.63 bits per heavy atom. The molecule has 2 rings (SSSR count). The molecular weight excluding hydrogens is 288 g/mol. The van der Waals surface area contributed by atoms with Crippen LogP contribution in [0.15, 0.2) is 0 Å². The van der Waals surface area contributed by atoms with Gasteiger partial charge in [0.1, 0.15) is 0 Å². The maximum Gasteiger partial charge on any atom is 0.351 e. The van der Waals surface area contributed by atoms with Crippen molar-refractivity contribution in [2.45, 2.75) is 25.4 Å². The van der Waals surface area contributed by atoms with Gasteiger partial charge in [0.25, 0.3) is 0 Å². The number of methoxy groups -OCH3 is 1.